The Bertz CT molecular complexity index is 561. The van der Waals surface area contributed by atoms with Gasteiger partial charge in [0.05, 0.1) is 18.2 Å². The molecule has 2 amide bonds. The summed E-state index contributed by atoms with van der Waals surface area (Å²) in [5.74, 6) is 0. The molecule has 1 aliphatic carbocycles. The van der Waals surface area contributed by atoms with E-state index in [9.17, 15) is 4.79 Å². The Kier molecular flexibility index (Phi) is 3.37. The largest absolute Gasteiger partial charge is 0.373 e. The number of ether oxygens (including phenoxy) is 1. The highest BCUT2D eigenvalue weighted by atomic mass is 16.5. The van der Waals surface area contributed by atoms with Gasteiger partial charge in [0.1, 0.15) is 0 Å². The van der Waals surface area contributed by atoms with Gasteiger partial charge in [-0.3, -0.25) is 0 Å². The molecular weight excluding hydrogens is 276 g/mol. The molecule has 0 unspecified atom stereocenters. The molecule has 2 N–H and O–H groups in total. The number of amides is 2. The van der Waals surface area contributed by atoms with Gasteiger partial charge in [0.25, 0.3) is 0 Å². The lowest BCUT2D eigenvalue weighted by Crippen LogP contribution is -2.48. The van der Waals surface area contributed by atoms with Crippen molar-refractivity contribution in [1.29, 1.82) is 0 Å². The lowest BCUT2D eigenvalue weighted by molar-refractivity contribution is 0.0980. The number of hydrogen-bond donors (Lipinski definition) is 2. The highest BCUT2D eigenvalue weighted by Crippen LogP contribution is 2.36. The van der Waals surface area contributed by atoms with Crippen LogP contribution in [0.1, 0.15) is 37.3 Å². The molecule has 4 nitrogen and oxygen atoms in total. The van der Waals surface area contributed by atoms with Crippen LogP contribution in [0.5, 0.6) is 0 Å². The second-order valence-corrected chi connectivity index (χ2v) is 7.48. The molecule has 22 heavy (non-hydrogen) atoms. The number of urea groups is 1. The molecule has 1 aromatic rings. The number of carbonyl (C=O) groups excluding carboxylic acids is 1. The highest BCUT2D eigenvalue weighted by molar-refractivity contribution is 5.74. The summed E-state index contributed by atoms with van der Waals surface area (Å²) in [6.07, 6.45) is 5.91. The Morgan fingerprint density at radius 3 is 2.59 bits per heavy atom. The molecule has 2 bridgehead atoms. The molecule has 0 aromatic heterocycles. The highest BCUT2D eigenvalue weighted by Gasteiger charge is 2.41. The van der Waals surface area contributed by atoms with Crippen molar-refractivity contribution in [3.63, 3.8) is 0 Å². The van der Waals surface area contributed by atoms with Gasteiger partial charge >= 0.3 is 6.03 Å². The first kappa shape index (κ1) is 14.1. The van der Waals surface area contributed by atoms with Gasteiger partial charge in [-0.1, -0.05) is 31.2 Å². The third-order valence-corrected chi connectivity index (χ3v) is 5.45. The Morgan fingerprint density at radius 2 is 2.00 bits per heavy atom. The molecule has 2 heterocycles. The van der Waals surface area contributed by atoms with Gasteiger partial charge in [-0.15, -0.1) is 0 Å². The normalized spacial score (nSPS) is 31.0. The summed E-state index contributed by atoms with van der Waals surface area (Å²) in [5, 5.41) is 6.18. The van der Waals surface area contributed by atoms with E-state index < -0.39 is 0 Å². The minimum Gasteiger partial charge on any atom is -0.373 e. The van der Waals surface area contributed by atoms with Gasteiger partial charge in [0, 0.05) is 6.54 Å². The standard InChI is InChI=1S/C18H24N2O2/c1-18(9-12-4-2-3-5-13(12)10-18)11-19-17(21)20-15-8-14-6-7-16(15)22-14/h2-5,14-16H,6-11H2,1H3,(H2,19,20,21)/t14-,15+,16-/m1/s1. The van der Waals surface area contributed by atoms with E-state index in [1.807, 2.05) is 0 Å². The van der Waals surface area contributed by atoms with Crippen LogP contribution in [0.15, 0.2) is 24.3 Å². The van der Waals surface area contributed by atoms with E-state index in [-0.39, 0.29) is 23.6 Å². The predicted octanol–water partition coefficient (Wildman–Crippen LogP) is 2.41. The third-order valence-electron chi connectivity index (χ3n) is 5.45. The van der Waals surface area contributed by atoms with Crippen LogP contribution in [0.4, 0.5) is 4.79 Å². The zero-order chi connectivity index (χ0) is 15.2. The average molecular weight is 300 g/mol. The molecule has 1 aromatic carbocycles. The lowest BCUT2D eigenvalue weighted by Gasteiger charge is -2.26. The summed E-state index contributed by atoms with van der Waals surface area (Å²) in [7, 11) is 0. The smallest absolute Gasteiger partial charge is 0.315 e. The monoisotopic (exact) mass is 300 g/mol. The Hall–Kier alpha value is -1.55. The summed E-state index contributed by atoms with van der Waals surface area (Å²) in [6.45, 7) is 2.98. The topological polar surface area (TPSA) is 50.4 Å². The molecule has 0 radical (unpaired) electrons. The van der Waals surface area contributed by atoms with E-state index in [0.29, 0.717) is 6.10 Å². The summed E-state index contributed by atoms with van der Waals surface area (Å²) in [6, 6.07) is 8.76. The third kappa shape index (κ3) is 2.60. The van der Waals surface area contributed by atoms with Crippen LogP contribution in [0, 0.1) is 5.41 Å². The van der Waals surface area contributed by atoms with E-state index in [4.69, 9.17) is 4.74 Å². The molecule has 4 rings (SSSR count). The number of benzene rings is 1. The van der Waals surface area contributed by atoms with Crippen LogP contribution < -0.4 is 10.6 Å². The van der Waals surface area contributed by atoms with Crippen LogP contribution in [-0.4, -0.2) is 30.8 Å². The number of hydrogen-bond acceptors (Lipinski definition) is 2. The second-order valence-electron chi connectivity index (χ2n) is 7.48. The first-order valence-corrected chi connectivity index (χ1v) is 8.38. The van der Waals surface area contributed by atoms with Crippen molar-refractivity contribution in [2.45, 2.75) is 57.3 Å². The molecule has 0 spiro atoms. The maximum absolute atomic E-state index is 12.2. The molecule has 4 heteroatoms. The van der Waals surface area contributed by atoms with Crippen molar-refractivity contribution in [3.05, 3.63) is 35.4 Å². The molecule has 3 atom stereocenters. The molecule has 3 aliphatic rings. The number of rotatable bonds is 3. The Balaban J connectivity index is 1.29. The first-order valence-electron chi connectivity index (χ1n) is 8.38. The molecular formula is C18H24N2O2. The van der Waals surface area contributed by atoms with E-state index in [0.717, 1.165) is 38.6 Å². The summed E-state index contributed by atoms with van der Waals surface area (Å²) in [5.41, 5.74) is 2.98. The van der Waals surface area contributed by atoms with Crippen LogP contribution >= 0.6 is 0 Å². The van der Waals surface area contributed by atoms with E-state index in [2.05, 4.69) is 41.8 Å². The molecule has 0 saturated carbocycles. The van der Waals surface area contributed by atoms with Crippen LogP contribution in [0.25, 0.3) is 0 Å². The maximum Gasteiger partial charge on any atom is 0.315 e. The SMILES string of the molecule is CC1(CNC(=O)N[C@H]2C[C@H]3CC[C@H]2O3)Cc2ccccc2C1. The minimum atomic E-state index is -0.0432. The number of fused-ring (bicyclic) bond motifs is 3. The zero-order valence-electron chi connectivity index (χ0n) is 13.1. The van der Waals surface area contributed by atoms with E-state index in [1.165, 1.54) is 11.1 Å². The number of carbonyl (C=O) groups is 1. The number of nitrogens with one attached hydrogen (secondary N) is 2. The van der Waals surface area contributed by atoms with Crippen LogP contribution in [-0.2, 0) is 17.6 Å². The van der Waals surface area contributed by atoms with Crippen molar-refractivity contribution in [3.8, 4) is 0 Å². The van der Waals surface area contributed by atoms with Crippen molar-refractivity contribution >= 4 is 6.03 Å². The first-order chi connectivity index (χ1) is 10.6. The quantitative estimate of drug-likeness (QED) is 0.900. The van der Waals surface area contributed by atoms with E-state index in [1.54, 1.807) is 0 Å². The fraction of sp³-hybridized carbons (Fsp3) is 0.611. The van der Waals surface area contributed by atoms with Crippen LogP contribution in [0.2, 0.25) is 0 Å². The fourth-order valence-corrected chi connectivity index (χ4v) is 4.31. The zero-order valence-corrected chi connectivity index (χ0v) is 13.1. The average Bonchev–Trinajstić information content (AvgIpc) is 3.18. The van der Waals surface area contributed by atoms with Crippen molar-refractivity contribution < 1.29 is 9.53 Å². The molecule has 2 fully saturated rings. The van der Waals surface area contributed by atoms with Gasteiger partial charge in [-0.05, 0) is 48.6 Å². The van der Waals surface area contributed by atoms with Crippen LogP contribution in [0.3, 0.4) is 0 Å². The van der Waals surface area contributed by atoms with Gasteiger partial charge in [0.15, 0.2) is 0 Å². The van der Waals surface area contributed by atoms with Gasteiger partial charge in [-0.2, -0.15) is 0 Å². The second kappa shape index (κ2) is 5.27. The Labute approximate surface area is 131 Å². The summed E-state index contributed by atoms with van der Waals surface area (Å²) < 4.78 is 5.78. The fourth-order valence-electron chi connectivity index (χ4n) is 4.31. The lowest BCUT2D eigenvalue weighted by atomic mass is 9.87. The van der Waals surface area contributed by atoms with Gasteiger partial charge in [-0.25, -0.2) is 4.79 Å². The summed E-state index contributed by atoms with van der Waals surface area (Å²) in [4.78, 5) is 12.2. The minimum absolute atomic E-state index is 0.0432. The van der Waals surface area contributed by atoms with Crippen molar-refractivity contribution in [2.75, 3.05) is 6.54 Å². The van der Waals surface area contributed by atoms with Gasteiger partial charge in [0.2, 0.25) is 0 Å². The Morgan fingerprint density at radius 1 is 1.27 bits per heavy atom. The van der Waals surface area contributed by atoms with Crippen molar-refractivity contribution in [1.82, 2.24) is 10.6 Å². The predicted molar refractivity (Wildman–Crippen MR) is 84.8 cm³/mol. The molecule has 2 saturated heterocycles. The maximum atomic E-state index is 12.2. The summed E-state index contributed by atoms with van der Waals surface area (Å²) >= 11 is 0. The molecule has 2 aliphatic heterocycles. The molecule has 118 valence electrons. The van der Waals surface area contributed by atoms with Gasteiger partial charge < -0.3 is 15.4 Å². The van der Waals surface area contributed by atoms with Crippen molar-refractivity contribution in [2.24, 2.45) is 5.41 Å². The van der Waals surface area contributed by atoms with E-state index >= 15 is 0 Å².